The Labute approximate surface area is 210 Å². The molecule has 0 aliphatic heterocycles. The fourth-order valence-corrected chi connectivity index (χ4v) is 6.39. The van der Waals surface area contributed by atoms with Crippen molar-refractivity contribution in [1.29, 1.82) is 0 Å². The van der Waals surface area contributed by atoms with E-state index in [9.17, 15) is 4.79 Å². The molecular formula is C32H50O2. The monoisotopic (exact) mass is 466 g/mol. The normalized spacial score (nSPS) is 27.2. The number of ether oxygens (including phenoxy) is 1. The van der Waals surface area contributed by atoms with E-state index in [-0.39, 0.29) is 5.97 Å². The predicted molar refractivity (Wildman–Crippen MR) is 145 cm³/mol. The van der Waals surface area contributed by atoms with Crippen molar-refractivity contribution in [3.05, 3.63) is 47.6 Å². The maximum atomic E-state index is 11.7. The average Bonchev–Trinajstić information content (AvgIpc) is 3.14. The Morgan fingerprint density at radius 1 is 0.676 bits per heavy atom. The highest BCUT2D eigenvalue weighted by Crippen LogP contribution is 2.53. The average molecular weight is 467 g/mol. The second-order valence-corrected chi connectivity index (χ2v) is 11.0. The maximum absolute atomic E-state index is 11.7. The third-order valence-corrected chi connectivity index (χ3v) is 8.32. The molecule has 0 bridgehead atoms. The van der Waals surface area contributed by atoms with E-state index in [1.807, 2.05) is 0 Å². The fraction of sp³-hybridized carbons (Fsp3) is 0.719. The number of unbranched alkanes of at least 4 members (excludes halogenated alkanes) is 10. The van der Waals surface area contributed by atoms with Crippen molar-refractivity contribution in [3.63, 3.8) is 0 Å². The van der Waals surface area contributed by atoms with Gasteiger partial charge in [-0.15, -0.1) is 0 Å². The lowest BCUT2D eigenvalue weighted by Crippen LogP contribution is -2.23. The number of hydrogen-bond donors (Lipinski definition) is 0. The van der Waals surface area contributed by atoms with Gasteiger partial charge in [0.2, 0.25) is 0 Å². The number of esters is 1. The van der Waals surface area contributed by atoms with Crippen LogP contribution in [0.4, 0.5) is 0 Å². The van der Waals surface area contributed by atoms with Gasteiger partial charge in [-0.3, -0.25) is 4.79 Å². The van der Waals surface area contributed by atoms with E-state index in [2.05, 4.69) is 50.3 Å². The number of carbonyl (C=O) groups excluding carboxylic acids is 1. The second kappa shape index (κ2) is 14.7. The van der Waals surface area contributed by atoms with Gasteiger partial charge < -0.3 is 4.74 Å². The number of hydrogen-bond acceptors (Lipinski definition) is 2. The van der Waals surface area contributed by atoms with Crippen molar-refractivity contribution < 1.29 is 9.53 Å². The molecule has 34 heavy (non-hydrogen) atoms. The van der Waals surface area contributed by atoms with Gasteiger partial charge in [-0.1, -0.05) is 126 Å². The molecule has 3 rings (SSSR count). The second-order valence-electron chi connectivity index (χ2n) is 11.0. The molecule has 4 atom stereocenters. The van der Waals surface area contributed by atoms with Gasteiger partial charge in [-0.05, 0) is 49.4 Å². The van der Waals surface area contributed by atoms with Crippen LogP contribution in [0.2, 0.25) is 0 Å². The summed E-state index contributed by atoms with van der Waals surface area (Å²) in [7, 11) is 0. The molecule has 0 amide bonds. The van der Waals surface area contributed by atoms with Gasteiger partial charge in [0.05, 0.1) is 6.61 Å². The van der Waals surface area contributed by atoms with E-state index in [4.69, 9.17) is 4.74 Å². The van der Waals surface area contributed by atoms with Crippen molar-refractivity contribution in [2.75, 3.05) is 6.61 Å². The van der Waals surface area contributed by atoms with Crippen molar-refractivity contribution in [1.82, 2.24) is 0 Å². The lowest BCUT2D eigenvalue weighted by molar-refractivity contribution is -0.142. The molecule has 0 aromatic carbocycles. The van der Waals surface area contributed by atoms with Crippen molar-refractivity contribution >= 4 is 5.97 Å². The number of rotatable bonds is 16. The molecule has 2 nitrogen and oxygen atoms in total. The molecule has 1 saturated carbocycles. The molecule has 0 heterocycles. The molecule has 190 valence electrons. The largest absolute Gasteiger partial charge is 0.466 e. The van der Waals surface area contributed by atoms with E-state index in [1.54, 1.807) is 6.92 Å². The quantitative estimate of drug-likeness (QED) is 0.167. The molecule has 3 aliphatic rings. The predicted octanol–water partition coefficient (Wildman–Crippen LogP) is 9.14. The van der Waals surface area contributed by atoms with E-state index >= 15 is 0 Å². The van der Waals surface area contributed by atoms with Crippen LogP contribution in [0.3, 0.4) is 0 Å². The zero-order valence-electron chi connectivity index (χ0n) is 22.3. The Kier molecular flexibility index (Phi) is 11.7. The highest BCUT2D eigenvalue weighted by atomic mass is 16.5. The maximum Gasteiger partial charge on any atom is 0.302 e. The molecule has 3 aliphatic carbocycles. The lowest BCUT2D eigenvalue weighted by Gasteiger charge is -2.25. The molecule has 1 fully saturated rings. The minimum atomic E-state index is -0.148. The van der Waals surface area contributed by atoms with Crippen LogP contribution in [0.15, 0.2) is 47.6 Å². The Morgan fingerprint density at radius 2 is 1.12 bits per heavy atom. The number of allylic oxidation sites excluding steroid dienone is 8. The summed E-state index contributed by atoms with van der Waals surface area (Å²) in [4.78, 5) is 11.7. The summed E-state index contributed by atoms with van der Waals surface area (Å²) in [6.45, 7) is 6.66. The fourth-order valence-electron chi connectivity index (χ4n) is 6.39. The summed E-state index contributed by atoms with van der Waals surface area (Å²) in [6, 6.07) is 0. The zero-order chi connectivity index (χ0) is 24.2. The Morgan fingerprint density at radius 3 is 1.56 bits per heavy atom. The third kappa shape index (κ3) is 7.99. The molecule has 2 heteroatoms. The summed E-state index contributed by atoms with van der Waals surface area (Å²) < 4.78 is 5.62. The van der Waals surface area contributed by atoms with Crippen LogP contribution in [0.5, 0.6) is 0 Å². The number of carbonyl (C=O) groups is 1. The van der Waals surface area contributed by atoms with Gasteiger partial charge >= 0.3 is 5.97 Å². The first-order valence-corrected chi connectivity index (χ1v) is 14.5. The lowest BCUT2D eigenvalue weighted by atomic mass is 9.80. The first-order valence-electron chi connectivity index (χ1n) is 14.5. The summed E-state index contributed by atoms with van der Waals surface area (Å²) in [6.07, 6.45) is 33.4. The van der Waals surface area contributed by atoms with Gasteiger partial charge in [0.1, 0.15) is 0 Å². The highest BCUT2D eigenvalue weighted by molar-refractivity contribution is 5.65. The first-order chi connectivity index (χ1) is 16.6. The van der Waals surface area contributed by atoms with Gasteiger partial charge in [0.15, 0.2) is 0 Å². The van der Waals surface area contributed by atoms with Crippen molar-refractivity contribution in [2.24, 2.45) is 29.6 Å². The SMILES string of the molecule is CCCCCCCCC1=CC2C(C=C1)C1C=CC(CCCCCCCC)=CC1C2COC(C)=O. The van der Waals surface area contributed by atoms with Crippen molar-refractivity contribution in [3.8, 4) is 0 Å². The Balaban J connectivity index is 1.59. The molecule has 0 aromatic heterocycles. The minimum Gasteiger partial charge on any atom is -0.466 e. The smallest absolute Gasteiger partial charge is 0.302 e. The topological polar surface area (TPSA) is 26.3 Å². The zero-order valence-corrected chi connectivity index (χ0v) is 22.3. The van der Waals surface area contributed by atoms with Gasteiger partial charge in [-0.25, -0.2) is 0 Å². The van der Waals surface area contributed by atoms with Crippen LogP contribution >= 0.6 is 0 Å². The van der Waals surface area contributed by atoms with Crippen LogP contribution in [0.25, 0.3) is 0 Å². The molecule has 4 unspecified atom stereocenters. The van der Waals surface area contributed by atoms with E-state index in [0.717, 1.165) is 0 Å². The van der Waals surface area contributed by atoms with E-state index in [0.29, 0.717) is 36.2 Å². The van der Waals surface area contributed by atoms with Gasteiger partial charge in [0.25, 0.3) is 0 Å². The van der Waals surface area contributed by atoms with Crippen LogP contribution < -0.4 is 0 Å². The van der Waals surface area contributed by atoms with E-state index < -0.39 is 0 Å². The molecule has 0 aromatic rings. The van der Waals surface area contributed by atoms with Crippen LogP contribution in [-0.4, -0.2) is 12.6 Å². The summed E-state index contributed by atoms with van der Waals surface area (Å²) >= 11 is 0. The Bertz CT molecular complexity index is 686. The van der Waals surface area contributed by atoms with E-state index in [1.165, 1.54) is 101 Å². The molecule has 0 radical (unpaired) electrons. The third-order valence-electron chi connectivity index (χ3n) is 8.32. The highest BCUT2D eigenvalue weighted by Gasteiger charge is 2.48. The van der Waals surface area contributed by atoms with Gasteiger partial charge in [0, 0.05) is 12.8 Å². The van der Waals surface area contributed by atoms with Crippen LogP contribution in [0, 0.1) is 29.6 Å². The summed E-state index contributed by atoms with van der Waals surface area (Å²) in [5.41, 5.74) is 3.01. The van der Waals surface area contributed by atoms with Crippen LogP contribution in [-0.2, 0) is 9.53 Å². The minimum absolute atomic E-state index is 0.148. The summed E-state index contributed by atoms with van der Waals surface area (Å²) in [5.74, 6) is 2.31. The van der Waals surface area contributed by atoms with Crippen molar-refractivity contribution in [2.45, 2.75) is 111 Å². The van der Waals surface area contributed by atoms with Gasteiger partial charge in [-0.2, -0.15) is 0 Å². The first kappa shape index (κ1) is 27.0. The van der Waals surface area contributed by atoms with Crippen LogP contribution in [0.1, 0.15) is 111 Å². The molecule has 0 saturated heterocycles. The molecular weight excluding hydrogens is 416 g/mol. The summed E-state index contributed by atoms with van der Waals surface area (Å²) in [5, 5.41) is 0. The number of fused-ring (bicyclic) bond motifs is 3. The molecule has 0 N–H and O–H groups in total. The molecule has 0 spiro atoms. The Hall–Kier alpha value is -1.57. The standard InChI is InChI=1S/C32H50O2/c1-4-6-8-10-12-14-16-26-18-20-28-29-21-19-27(17-15-13-11-9-7-5-2)23-31(29)32(30(28)22-26)24-34-25(3)33/h18-23,28-32H,4-17,24H2,1-3H3.